The summed E-state index contributed by atoms with van der Waals surface area (Å²) >= 11 is 0. The van der Waals surface area contributed by atoms with Crippen LogP contribution in [-0.2, 0) is 14.3 Å². The second-order valence-electron chi connectivity index (χ2n) is 10.4. The van der Waals surface area contributed by atoms with E-state index in [1.807, 2.05) is 0 Å². The van der Waals surface area contributed by atoms with Gasteiger partial charge < -0.3 is 34.9 Å². The van der Waals surface area contributed by atoms with Crippen LogP contribution in [0.4, 0.5) is 16.2 Å². The molecule has 0 radical (unpaired) electrons. The molecule has 1 aliphatic rings. The summed E-state index contributed by atoms with van der Waals surface area (Å²) in [5.74, 6) is -0.760. The molecule has 0 spiro atoms. The van der Waals surface area contributed by atoms with E-state index in [-0.39, 0.29) is 53.6 Å². The number of benzene rings is 3. The Morgan fingerprint density at radius 3 is 2.17 bits per heavy atom. The lowest BCUT2D eigenvalue weighted by molar-refractivity contribution is -0.129. The summed E-state index contributed by atoms with van der Waals surface area (Å²) in [6.45, 7) is 0.345. The Morgan fingerprint density at radius 2 is 1.53 bits per heavy atom. The number of terminal acetylenes is 1. The summed E-state index contributed by atoms with van der Waals surface area (Å²) in [7, 11) is 2.36. The number of aromatic amines is 1. The highest BCUT2D eigenvalue weighted by atomic mass is 16.5. The van der Waals surface area contributed by atoms with Crippen LogP contribution in [0.25, 0.3) is 10.9 Å². The van der Waals surface area contributed by atoms with E-state index in [2.05, 4.69) is 21.5 Å². The smallest absolute Gasteiger partial charge is 0.337 e. The summed E-state index contributed by atoms with van der Waals surface area (Å²) < 4.78 is 9.45. The highest BCUT2D eigenvalue weighted by Crippen LogP contribution is 2.27. The SMILES string of the molecule is C#CC1CN(C(=O)c2ccccc2)CCN1C(=O)C(=O)c1c[nH]c2c(NC(=O)Nc3cc(C(=O)OC)cc(C(=O)OC)c3)cccc12. The third-order valence-electron chi connectivity index (χ3n) is 7.58. The van der Waals surface area contributed by atoms with Gasteiger partial charge in [-0.3, -0.25) is 14.4 Å². The maximum Gasteiger partial charge on any atom is 0.337 e. The molecule has 0 saturated carbocycles. The number of hydrogen-bond acceptors (Lipinski definition) is 8. The van der Waals surface area contributed by atoms with Crippen molar-refractivity contribution < 1.29 is 38.2 Å². The first kappa shape index (κ1) is 32.0. The monoisotopic (exact) mass is 635 g/mol. The quantitative estimate of drug-likeness (QED) is 0.120. The van der Waals surface area contributed by atoms with Gasteiger partial charge in [0, 0.05) is 35.9 Å². The fraction of sp³-hybridized carbons (Fsp3) is 0.176. The van der Waals surface area contributed by atoms with Crippen molar-refractivity contribution >= 4 is 57.8 Å². The first-order chi connectivity index (χ1) is 22.6. The van der Waals surface area contributed by atoms with Crippen molar-refractivity contribution in [1.82, 2.24) is 14.8 Å². The van der Waals surface area contributed by atoms with Gasteiger partial charge in [-0.05, 0) is 36.4 Å². The number of anilines is 2. The Balaban J connectivity index is 1.31. The first-order valence-corrected chi connectivity index (χ1v) is 14.3. The van der Waals surface area contributed by atoms with E-state index in [9.17, 15) is 28.8 Å². The number of nitrogens with one attached hydrogen (secondary N) is 3. The third-order valence-corrected chi connectivity index (χ3v) is 7.58. The number of carbonyl (C=O) groups excluding carboxylic acids is 6. The number of nitrogens with zero attached hydrogens (tertiary/aromatic N) is 2. The Bertz CT molecular complexity index is 1910. The van der Waals surface area contributed by atoms with Crippen molar-refractivity contribution in [3.05, 3.63) is 95.2 Å². The molecule has 3 N–H and O–H groups in total. The number of carbonyl (C=O) groups is 6. The number of ketones is 1. The van der Waals surface area contributed by atoms with Crippen LogP contribution in [0.2, 0.25) is 0 Å². The van der Waals surface area contributed by atoms with Gasteiger partial charge in [0.25, 0.3) is 17.6 Å². The van der Waals surface area contributed by atoms with Crippen LogP contribution >= 0.6 is 0 Å². The number of H-pyrrole nitrogens is 1. The maximum absolute atomic E-state index is 13.5. The lowest BCUT2D eigenvalue weighted by Gasteiger charge is -2.38. The Kier molecular flexibility index (Phi) is 9.32. The predicted octanol–water partition coefficient (Wildman–Crippen LogP) is 3.55. The van der Waals surface area contributed by atoms with Gasteiger partial charge in [0.1, 0.15) is 6.04 Å². The summed E-state index contributed by atoms with van der Waals surface area (Å²) in [5, 5.41) is 5.60. The number of aromatic nitrogens is 1. The number of urea groups is 1. The Morgan fingerprint density at radius 1 is 0.851 bits per heavy atom. The second-order valence-corrected chi connectivity index (χ2v) is 10.4. The van der Waals surface area contributed by atoms with Gasteiger partial charge in [-0.15, -0.1) is 6.42 Å². The van der Waals surface area contributed by atoms with Crippen LogP contribution in [0.15, 0.2) is 72.9 Å². The zero-order valence-corrected chi connectivity index (χ0v) is 25.4. The number of para-hydroxylation sites is 1. The molecule has 13 heteroatoms. The predicted molar refractivity (Wildman–Crippen MR) is 171 cm³/mol. The molecule has 0 bridgehead atoms. The second kappa shape index (κ2) is 13.7. The minimum Gasteiger partial charge on any atom is -0.465 e. The number of methoxy groups -OCH3 is 2. The van der Waals surface area contributed by atoms with Gasteiger partial charge in [0.2, 0.25) is 0 Å². The molecule has 238 valence electrons. The topological polar surface area (TPSA) is 167 Å². The summed E-state index contributed by atoms with van der Waals surface area (Å²) in [5.41, 5.74) is 1.35. The fourth-order valence-corrected chi connectivity index (χ4v) is 5.26. The molecular formula is C34H29N5O8. The lowest BCUT2D eigenvalue weighted by Crippen LogP contribution is -2.57. The highest BCUT2D eigenvalue weighted by molar-refractivity contribution is 6.45. The maximum atomic E-state index is 13.5. The van der Waals surface area contributed by atoms with Crippen molar-refractivity contribution in [3.63, 3.8) is 0 Å². The van der Waals surface area contributed by atoms with Crippen molar-refractivity contribution in [2.75, 3.05) is 44.5 Å². The molecule has 1 aliphatic heterocycles. The minimum atomic E-state index is -0.816. The molecule has 2 heterocycles. The van der Waals surface area contributed by atoms with E-state index in [0.29, 0.717) is 16.5 Å². The van der Waals surface area contributed by atoms with Crippen molar-refractivity contribution in [2.24, 2.45) is 0 Å². The van der Waals surface area contributed by atoms with Gasteiger partial charge in [0.05, 0.1) is 48.7 Å². The Labute approximate surface area is 268 Å². The number of ether oxygens (including phenoxy) is 2. The molecule has 1 aromatic heterocycles. The van der Waals surface area contributed by atoms with Crippen LogP contribution in [0.3, 0.4) is 0 Å². The molecule has 3 aromatic carbocycles. The normalized spacial score (nSPS) is 14.1. The molecule has 4 aromatic rings. The van der Waals surface area contributed by atoms with E-state index < -0.39 is 35.7 Å². The van der Waals surface area contributed by atoms with Crippen LogP contribution < -0.4 is 10.6 Å². The van der Waals surface area contributed by atoms with Crippen LogP contribution in [0.5, 0.6) is 0 Å². The Hall–Kier alpha value is -6.42. The average Bonchev–Trinajstić information content (AvgIpc) is 3.55. The molecule has 0 aliphatic carbocycles. The summed E-state index contributed by atoms with van der Waals surface area (Å²) in [6, 6.07) is 15.9. The van der Waals surface area contributed by atoms with Crippen molar-refractivity contribution in [3.8, 4) is 12.3 Å². The summed E-state index contributed by atoms with van der Waals surface area (Å²) in [4.78, 5) is 82.8. The number of hydrogen-bond donors (Lipinski definition) is 3. The number of Topliss-reactive ketones (excluding diaryl/α,β-unsaturated/α-hetero) is 1. The van der Waals surface area contributed by atoms with Crippen molar-refractivity contribution in [1.29, 1.82) is 0 Å². The largest absolute Gasteiger partial charge is 0.465 e. The van der Waals surface area contributed by atoms with E-state index in [0.717, 1.165) is 0 Å². The zero-order chi connectivity index (χ0) is 33.7. The molecule has 4 amide bonds. The number of fused-ring (bicyclic) bond motifs is 1. The first-order valence-electron chi connectivity index (χ1n) is 14.3. The molecule has 13 nitrogen and oxygen atoms in total. The van der Waals surface area contributed by atoms with Crippen LogP contribution in [0.1, 0.15) is 41.4 Å². The van der Waals surface area contributed by atoms with Gasteiger partial charge in [-0.2, -0.15) is 0 Å². The van der Waals surface area contributed by atoms with E-state index in [1.165, 1.54) is 43.5 Å². The van der Waals surface area contributed by atoms with Gasteiger partial charge in [-0.25, -0.2) is 14.4 Å². The van der Waals surface area contributed by atoms with Crippen LogP contribution in [-0.4, -0.2) is 90.2 Å². The average molecular weight is 636 g/mol. The summed E-state index contributed by atoms with van der Waals surface area (Å²) in [6.07, 6.45) is 7.10. The minimum absolute atomic E-state index is 0.0151. The number of rotatable bonds is 7. The van der Waals surface area contributed by atoms with Crippen LogP contribution in [0, 0.1) is 12.3 Å². The molecular weight excluding hydrogens is 606 g/mol. The van der Waals surface area contributed by atoms with E-state index in [1.54, 1.807) is 53.4 Å². The number of esters is 2. The van der Waals surface area contributed by atoms with Gasteiger partial charge in [-0.1, -0.05) is 36.3 Å². The third kappa shape index (κ3) is 6.66. The molecule has 1 fully saturated rings. The lowest BCUT2D eigenvalue weighted by atomic mass is 10.1. The molecule has 1 atom stereocenters. The number of amides is 4. The molecule has 1 saturated heterocycles. The highest BCUT2D eigenvalue weighted by Gasteiger charge is 2.35. The molecule has 1 unspecified atom stereocenters. The fourth-order valence-electron chi connectivity index (χ4n) is 5.26. The van der Waals surface area contributed by atoms with Gasteiger partial charge >= 0.3 is 18.0 Å². The molecule has 5 rings (SSSR count). The van der Waals surface area contributed by atoms with E-state index in [4.69, 9.17) is 15.9 Å². The van der Waals surface area contributed by atoms with Gasteiger partial charge in [0.15, 0.2) is 0 Å². The zero-order valence-electron chi connectivity index (χ0n) is 25.4. The van der Waals surface area contributed by atoms with Crippen molar-refractivity contribution in [2.45, 2.75) is 6.04 Å². The number of piperazine rings is 1. The van der Waals surface area contributed by atoms with E-state index >= 15 is 0 Å². The standard InChI is InChI=1S/C34H29N5O8/c1-4-24-19-38(30(41)20-9-6-5-7-10-20)13-14-39(24)31(42)29(40)26-18-35-28-25(26)11-8-12-27(28)37-34(45)36-23-16-21(32(43)46-2)15-22(17-23)33(44)47-3/h1,5-12,15-18,24,35H,13-14,19H2,2-3H3,(H2,36,37,45). The molecule has 47 heavy (non-hydrogen) atoms.